The van der Waals surface area contributed by atoms with Gasteiger partial charge >= 0.3 is 0 Å². The summed E-state index contributed by atoms with van der Waals surface area (Å²) in [6.07, 6.45) is 4.75. The van der Waals surface area contributed by atoms with Crippen molar-refractivity contribution in [3.05, 3.63) is 35.4 Å². The predicted molar refractivity (Wildman–Crippen MR) is 95.0 cm³/mol. The first-order valence-electron chi connectivity index (χ1n) is 9.76. The molecular formula is C20H28F2N2O2. The van der Waals surface area contributed by atoms with E-state index in [1.807, 2.05) is 0 Å². The van der Waals surface area contributed by atoms with Crippen molar-refractivity contribution in [1.29, 1.82) is 0 Å². The van der Waals surface area contributed by atoms with Gasteiger partial charge in [0.25, 0.3) is 0 Å². The van der Waals surface area contributed by atoms with Crippen molar-refractivity contribution in [1.82, 2.24) is 9.80 Å². The van der Waals surface area contributed by atoms with Crippen LogP contribution in [0.3, 0.4) is 0 Å². The van der Waals surface area contributed by atoms with Gasteiger partial charge in [-0.25, -0.2) is 8.78 Å². The summed E-state index contributed by atoms with van der Waals surface area (Å²) in [4.78, 5) is 4.75. The Kier molecular flexibility index (Phi) is 5.55. The number of ether oxygens (including phenoxy) is 2. The average Bonchev–Trinajstić information content (AvgIpc) is 3.01. The van der Waals surface area contributed by atoms with Crippen molar-refractivity contribution in [2.75, 3.05) is 45.9 Å². The molecule has 3 aliphatic rings. The summed E-state index contributed by atoms with van der Waals surface area (Å²) in [5.41, 5.74) is 0.759. The lowest BCUT2D eigenvalue weighted by Gasteiger charge is -2.41. The van der Waals surface area contributed by atoms with Crippen LogP contribution in [0.5, 0.6) is 0 Å². The third-order valence-corrected chi connectivity index (χ3v) is 5.93. The average molecular weight is 366 g/mol. The number of morpholine rings is 1. The standard InChI is InChI=1S/C20H28F2N2O2/c21-18-4-3-16(12-19(18)22)13-24-7-6-20(15-24)5-1-2-17(26-20)14-23-8-10-25-11-9-23/h3-4,12,17H,1-2,5-11,13-15H2/t17-,20+/m0/s1. The number of likely N-dealkylation sites (tertiary alicyclic amines) is 1. The third kappa shape index (κ3) is 4.25. The van der Waals surface area contributed by atoms with Gasteiger partial charge < -0.3 is 9.47 Å². The van der Waals surface area contributed by atoms with Gasteiger partial charge in [-0.3, -0.25) is 9.80 Å². The summed E-state index contributed by atoms with van der Waals surface area (Å²) in [7, 11) is 0. The molecule has 0 aliphatic carbocycles. The number of rotatable bonds is 4. The quantitative estimate of drug-likeness (QED) is 0.818. The van der Waals surface area contributed by atoms with Crippen LogP contribution in [0.15, 0.2) is 18.2 Å². The molecule has 0 amide bonds. The monoisotopic (exact) mass is 366 g/mol. The first-order chi connectivity index (χ1) is 12.6. The normalized spacial score (nSPS) is 30.9. The molecule has 3 fully saturated rings. The van der Waals surface area contributed by atoms with E-state index in [4.69, 9.17) is 9.47 Å². The fraction of sp³-hybridized carbons (Fsp3) is 0.700. The largest absolute Gasteiger partial charge is 0.379 e. The zero-order valence-electron chi connectivity index (χ0n) is 15.3. The molecule has 144 valence electrons. The Morgan fingerprint density at radius 1 is 1.04 bits per heavy atom. The van der Waals surface area contributed by atoms with Crippen LogP contribution in [0.2, 0.25) is 0 Å². The molecule has 0 unspecified atom stereocenters. The minimum Gasteiger partial charge on any atom is -0.379 e. The predicted octanol–water partition coefficient (Wildman–Crippen LogP) is 2.81. The molecule has 3 heterocycles. The highest BCUT2D eigenvalue weighted by atomic mass is 19.2. The van der Waals surface area contributed by atoms with Crippen LogP contribution in [-0.2, 0) is 16.0 Å². The molecule has 0 radical (unpaired) electrons. The van der Waals surface area contributed by atoms with Crippen molar-refractivity contribution in [3.63, 3.8) is 0 Å². The van der Waals surface area contributed by atoms with E-state index in [0.29, 0.717) is 12.6 Å². The number of nitrogens with zero attached hydrogens (tertiary/aromatic N) is 2. The Morgan fingerprint density at radius 2 is 1.88 bits per heavy atom. The van der Waals surface area contributed by atoms with Gasteiger partial charge in [0.2, 0.25) is 0 Å². The zero-order valence-corrected chi connectivity index (χ0v) is 15.3. The Hall–Kier alpha value is -1.08. The van der Waals surface area contributed by atoms with Crippen LogP contribution in [0, 0.1) is 11.6 Å². The molecule has 1 aromatic carbocycles. The summed E-state index contributed by atoms with van der Waals surface area (Å²) in [6, 6.07) is 4.20. The summed E-state index contributed by atoms with van der Waals surface area (Å²) in [6.45, 7) is 7.10. The molecule has 1 aromatic rings. The maximum Gasteiger partial charge on any atom is 0.159 e. The SMILES string of the molecule is Fc1ccc(CN2CC[C@]3(CCC[C@@H](CN4CCOCC4)O3)C2)cc1F. The van der Waals surface area contributed by atoms with Crippen LogP contribution in [0.25, 0.3) is 0 Å². The molecule has 4 rings (SSSR count). The van der Waals surface area contributed by atoms with Gasteiger partial charge in [-0.2, -0.15) is 0 Å². The van der Waals surface area contributed by atoms with Gasteiger partial charge in [-0.15, -0.1) is 0 Å². The number of hydrogen-bond acceptors (Lipinski definition) is 4. The van der Waals surface area contributed by atoms with Crippen LogP contribution < -0.4 is 0 Å². The lowest BCUT2D eigenvalue weighted by Crippen LogP contribution is -2.48. The van der Waals surface area contributed by atoms with Crippen molar-refractivity contribution < 1.29 is 18.3 Å². The van der Waals surface area contributed by atoms with Crippen molar-refractivity contribution in [2.45, 2.75) is 43.9 Å². The van der Waals surface area contributed by atoms with E-state index in [1.165, 1.54) is 18.6 Å². The molecule has 0 bridgehead atoms. The lowest BCUT2D eigenvalue weighted by atomic mass is 9.90. The molecule has 0 saturated carbocycles. The summed E-state index contributed by atoms with van der Waals surface area (Å²) < 4.78 is 38.6. The highest BCUT2D eigenvalue weighted by molar-refractivity contribution is 5.18. The van der Waals surface area contributed by atoms with Crippen LogP contribution in [-0.4, -0.2) is 67.4 Å². The molecular weight excluding hydrogens is 338 g/mol. The fourth-order valence-corrected chi connectivity index (χ4v) is 4.58. The van der Waals surface area contributed by atoms with Gasteiger partial charge in [0, 0.05) is 39.3 Å². The first-order valence-corrected chi connectivity index (χ1v) is 9.76. The molecule has 26 heavy (non-hydrogen) atoms. The Balaban J connectivity index is 1.33. The molecule has 3 saturated heterocycles. The molecule has 6 heteroatoms. The fourth-order valence-electron chi connectivity index (χ4n) is 4.58. The van der Waals surface area contributed by atoms with Crippen LogP contribution in [0.1, 0.15) is 31.2 Å². The van der Waals surface area contributed by atoms with Crippen LogP contribution in [0.4, 0.5) is 8.78 Å². The van der Waals surface area contributed by atoms with Gasteiger partial charge in [0.1, 0.15) is 0 Å². The second kappa shape index (κ2) is 7.89. The second-order valence-electron chi connectivity index (χ2n) is 7.94. The van der Waals surface area contributed by atoms with Gasteiger partial charge in [0.15, 0.2) is 11.6 Å². The van der Waals surface area contributed by atoms with E-state index < -0.39 is 11.6 Å². The summed E-state index contributed by atoms with van der Waals surface area (Å²) >= 11 is 0. The molecule has 4 nitrogen and oxygen atoms in total. The van der Waals surface area contributed by atoms with Gasteiger partial charge in [-0.1, -0.05) is 6.07 Å². The maximum absolute atomic E-state index is 13.4. The minimum atomic E-state index is -0.784. The molecule has 2 atom stereocenters. The highest BCUT2D eigenvalue weighted by Crippen LogP contribution is 2.37. The Morgan fingerprint density at radius 3 is 2.69 bits per heavy atom. The maximum atomic E-state index is 13.4. The Labute approximate surface area is 154 Å². The van der Waals surface area contributed by atoms with E-state index >= 15 is 0 Å². The van der Waals surface area contributed by atoms with E-state index in [1.54, 1.807) is 6.07 Å². The van der Waals surface area contributed by atoms with E-state index in [0.717, 1.165) is 70.8 Å². The zero-order chi connectivity index (χ0) is 18.0. The number of benzene rings is 1. The summed E-state index contributed by atoms with van der Waals surface area (Å²) in [5.74, 6) is -1.55. The van der Waals surface area contributed by atoms with E-state index in [-0.39, 0.29) is 5.60 Å². The molecule has 3 aliphatic heterocycles. The molecule has 1 spiro atoms. The van der Waals surface area contributed by atoms with Gasteiger partial charge in [0.05, 0.1) is 24.9 Å². The van der Waals surface area contributed by atoms with E-state index in [2.05, 4.69) is 9.80 Å². The van der Waals surface area contributed by atoms with Crippen molar-refractivity contribution >= 4 is 0 Å². The molecule has 0 N–H and O–H groups in total. The van der Waals surface area contributed by atoms with Crippen molar-refractivity contribution in [3.8, 4) is 0 Å². The van der Waals surface area contributed by atoms with Gasteiger partial charge in [-0.05, 0) is 43.4 Å². The van der Waals surface area contributed by atoms with E-state index in [9.17, 15) is 8.78 Å². The van der Waals surface area contributed by atoms with Crippen molar-refractivity contribution in [2.24, 2.45) is 0 Å². The lowest BCUT2D eigenvalue weighted by molar-refractivity contribution is -0.132. The van der Waals surface area contributed by atoms with Crippen LogP contribution >= 0.6 is 0 Å². The third-order valence-electron chi connectivity index (χ3n) is 5.93. The summed E-state index contributed by atoms with van der Waals surface area (Å²) in [5, 5.41) is 0. The second-order valence-corrected chi connectivity index (χ2v) is 7.94. The Bertz CT molecular complexity index is 624. The minimum absolute atomic E-state index is 0.0617. The highest BCUT2D eigenvalue weighted by Gasteiger charge is 2.43. The number of halogens is 2. The first kappa shape index (κ1) is 18.3. The topological polar surface area (TPSA) is 24.9 Å². The number of hydrogen-bond donors (Lipinski definition) is 0. The molecule has 0 aromatic heterocycles. The smallest absolute Gasteiger partial charge is 0.159 e.